The lowest BCUT2D eigenvalue weighted by Crippen LogP contribution is -2.27. The zero-order valence-electron chi connectivity index (χ0n) is 15.1. The van der Waals surface area contributed by atoms with E-state index in [0.29, 0.717) is 21.5 Å². The van der Waals surface area contributed by atoms with Crippen LogP contribution < -0.4 is 14.2 Å². The maximum absolute atomic E-state index is 12.9. The lowest BCUT2D eigenvalue weighted by Gasteiger charge is -2.14. The topological polar surface area (TPSA) is 48.0 Å². The first kappa shape index (κ1) is 17.6. The Morgan fingerprint density at radius 1 is 1.18 bits per heavy atom. The van der Waals surface area contributed by atoms with Crippen LogP contribution >= 0.6 is 24.0 Å². The fourth-order valence-corrected chi connectivity index (χ4v) is 4.80. The minimum absolute atomic E-state index is 0.0715. The van der Waals surface area contributed by atoms with Gasteiger partial charge in [0.05, 0.1) is 11.4 Å². The third kappa shape index (κ3) is 3.14. The van der Waals surface area contributed by atoms with Crippen molar-refractivity contribution in [2.45, 2.75) is 26.0 Å². The van der Waals surface area contributed by atoms with Gasteiger partial charge in [-0.3, -0.25) is 9.69 Å². The minimum atomic E-state index is -0.0715. The highest BCUT2D eigenvalue weighted by molar-refractivity contribution is 8.26. The van der Waals surface area contributed by atoms with Crippen molar-refractivity contribution in [3.05, 3.63) is 58.0 Å². The van der Waals surface area contributed by atoms with Crippen LogP contribution in [-0.2, 0) is 17.8 Å². The molecule has 3 aliphatic heterocycles. The van der Waals surface area contributed by atoms with Crippen molar-refractivity contribution in [1.29, 1.82) is 0 Å². The predicted octanol–water partition coefficient (Wildman–Crippen LogP) is 4.14. The molecule has 0 unspecified atom stereocenters. The van der Waals surface area contributed by atoms with Crippen LogP contribution in [0.15, 0.2) is 41.3 Å². The highest BCUT2D eigenvalue weighted by Crippen LogP contribution is 2.37. The van der Waals surface area contributed by atoms with E-state index in [0.717, 1.165) is 29.0 Å². The number of nitrogens with zero attached hydrogens (tertiary/aromatic N) is 1. The summed E-state index contributed by atoms with van der Waals surface area (Å²) in [6, 6.07) is 11.7. The van der Waals surface area contributed by atoms with Crippen LogP contribution in [0.4, 0.5) is 0 Å². The molecule has 0 N–H and O–H groups in total. The number of rotatable bonds is 3. The summed E-state index contributed by atoms with van der Waals surface area (Å²) in [6.07, 6.45) is 3.00. The number of hydrogen-bond acceptors (Lipinski definition) is 6. The van der Waals surface area contributed by atoms with Crippen LogP contribution in [0.3, 0.4) is 0 Å². The second-order valence-corrected chi connectivity index (χ2v) is 8.63. The molecular formula is C21H17NO4S2. The van der Waals surface area contributed by atoms with Crippen LogP contribution in [0.2, 0.25) is 0 Å². The SMILES string of the molecule is C[C@@H]1Cc2cc(/C=C3/SC(=S)N(Cc4ccc5c(c4)OCO5)C3=O)ccc2O1. The van der Waals surface area contributed by atoms with E-state index < -0.39 is 0 Å². The molecule has 1 amide bonds. The average Bonchev–Trinajstić information content (AvgIpc) is 3.34. The number of thiocarbonyl (C=S) groups is 1. The monoisotopic (exact) mass is 411 g/mol. The number of carbonyl (C=O) groups excluding carboxylic acids is 1. The number of fused-ring (bicyclic) bond motifs is 2. The Morgan fingerprint density at radius 3 is 2.89 bits per heavy atom. The van der Waals surface area contributed by atoms with Crippen LogP contribution in [0, 0.1) is 0 Å². The Kier molecular flexibility index (Phi) is 4.29. The number of ether oxygens (including phenoxy) is 3. The summed E-state index contributed by atoms with van der Waals surface area (Å²) in [6.45, 7) is 2.70. The van der Waals surface area contributed by atoms with Gasteiger partial charge in [-0.15, -0.1) is 0 Å². The second kappa shape index (κ2) is 6.83. The van der Waals surface area contributed by atoms with E-state index in [1.54, 1.807) is 4.90 Å². The summed E-state index contributed by atoms with van der Waals surface area (Å²) < 4.78 is 17.1. The molecule has 3 aliphatic rings. The van der Waals surface area contributed by atoms with E-state index in [9.17, 15) is 4.79 Å². The molecule has 0 aliphatic carbocycles. The van der Waals surface area contributed by atoms with Gasteiger partial charge >= 0.3 is 0 Å². The van der Waals surface area contributed by atoms with Gasteiger partial charge in [0, 0.05) is 6.42 Å². The summed E-state index contributed by atoms with van der Waals surface area (Å²) in [5.74, 6) is 2.29. The molecule has 0 bridgehead atoms. The van der Waals surface area contributed by atoms with Crippen molar-refractivity contribution in [3.8, 4) is 17.2 Å². The lowest BCUT2D eigenvalue weighted by molar-refractivity contribution is -0.122. The summed E-state index contributed by atoms with van der Waals surface area (Å²) >= 11 is 6.79. The molecule has 5 rings (SSSR count). The summed E-state index contributed by atoms with van der Waals surface area (Å²) in [4.78, 5) is 15.2. The van der Waals surface area contributed by atoms with Crippen LogP contribution in [0.25, 0.3) is 6.08 Å². The molecule has 0 aromatic heterocycles. The van der Waals surface area contributed by atoms with Crippen molar-refractivity contribution in [1.82, 2.24) is 4.90 Å². The van der Waals surface area contributed by atoms with Crippen molar-refractivity contribution < 1.29 is 19.0 Å². The molecule has 5 nitrogen and oxygen atoms in total. The van der Waals surface area contributed by atoms with Crippen LogP contribution in [0.5, 0.6) is 17.2 Å². The largest absolute Gasteiger partial charge is 0.490 e. The molecule has 2 aromatic carbocycles. The van der Waals surface area contributed by atoms with Crippen LogP contribution in [0.1, 0.15) is 23.6 Å². The van der Waals surface area contributed by atoms with Gasteiger partial charge in [-0.05, 0) is 54.0 Å². The van der Waals surface area contributed by atoms with E-state index in [2.05, 4.69) is 13.0 Å². The fraction of sp³-hybridized carbons (Fsp3) is 0.238. The van der Waals surface area contributed by atoms with E-state index in [1.165, 1.54) is 17.3 Å². The number of benzene rings is 2. The predicted molar refractivity (Wildman–Crippen MR) is 112 cm³/mol. The summed E-state index contributed by atoms with van der Waals surface area (Å²) in [7, 11) is 0. The molecular weight excluding hydrogens is 394 g/mol. The van der Waals surface area contributed by atoms with Gasteiger partial charge in [0.1, 0.15) is 16.2 Å². The Labute approximate surface area is 172 Å². The smallest absolute Gasteiger partial charge is 0.266 e. The Balaban J connectivity index is 1.36. The average molecular weight is 412 g/mol. The van der Waals surface area contributed by atoms with Gasteiger partial charge in [-0.2, -0.15) is 0 Å². The van der Waals surface area contributed by atoms with E-state index in [-0.39, 0.29) is 18.8 Å². The van der Waals surface area contributed by atoms with Gasteiger partial charge in [0.25, 0.3) is 5.91 Å². The van der Waals surface area contributed by atoms with Crippen molar-refractivity contribution >= 4 is 40.3 Å². The standard InChI is InChI=1S/C21H17NO4S2/c1-12-6-15-7-13(2-4-16(15)26-12)9-19-20(23)22(21(27)28-19)10-14-3-5-17-18(8-14)25-11-24-17/h2-5,7-9,12H,6,10-11H2,1H3/b19-9+/t12-/m1/s1. The van der Waals surface area contributed by atoms with E-state index in [4.69, 9.17) is 26.4 Å². The van der Waals surface area contributed by atoms with E-state index in [1.807, 2.05) is 36.4 Å². The zero-order valence-corrected chi connectivity index (χ0v) is 16.8. The first-order chi connectivity index (χ1) is 13.6. The molecule has 142 valence electrons. The number of carbonyl (C=O) groups is 1. The molecule has 28 heavy (non-hydrogen) atoms. The summed E-state index contributed by atoms with van der Waals surface area (Å²) in [5.41, 5.74) is 3.11. The molecule has 0 spiro atoms. The zero-order chi connectivity index (χ0) is 19.3. The number of hydrogen-bond donors (Lipinski definition) is 0. The fourth-order valence-electron chi connectivity index (χ4n) is 3.54. The molecule has 1 saturated heterocycles. The molecule has 3 heterocycles. The maximum atomic E-state index is 12.9. The Bertz CT molecular complexity index is 1030. The maximum Gasteiger partial charge on any atom is 0.266 e. The first-order valence-electron chi connectivity index (χ1n) is 9.00. The Hall–Kier alpha value is -2.51. The normalized spacial score (nSPS) is 21.4. The van der Waals surface area contributed by atoms with Gasteiger partial charge in [0.15, 0.2) is 11.5 Å². The minimum Gasteiger partial charge on any atom is -0.490 e. The molecule has 0 saturated carbocycles. The van der Waals surface area contributed by atoms with Crippen molar-refractivity contribution in [3.63, 3.8) is 0 Å². The number of thioether (sulfide) groups is 1. The van der Waals surface area contributed by atoms with E-state index >= 15 is 0 Å². The molecule has 2 aromatic rings. The van der Waals surface area contributed by atoms with Gasteiger partial charge in [-0.1, -0.05) is 36.1 Å². The second-order valence-electron chi connectivity index (χ2n) is 6.96. The number of amides is 1. The first-order valence-corrected chi connectivity index (χ1v) is 10.2. The van der Waals surface area contributed by atoms with Crippen molar-refractivity contribution in [2.75, 3.05) is 6.79 Å². The highest BCUT2D eigenvalue weighted by Gasteiger charge is 2.32. The Morgan fingerprint density at radius 2 is 2.00 bits per heavy atom. The van der Waals surface area contributed by atoms with Gasteiger partial charge < -0.3 is 14.2 Å². The third-order valence-corrected chi connectivity index (χ3v) is 6.25. The lowest BCUT2D eigenvalue weighted by atomic mass is 10.1. The van der Waals surface area contributed by atoms with Gasteiger partial charge in [-0.25, -0.2) is 0 Å². The highest BCUT2D eigenvalue weighted by atomic mass is 32.2. The molecule has 1 fully saturated rings. The van der Waals surface area contributed by atoms with Gasteiger partial charge in [0.2, 0.25) is 6.79 Å². The molecule has 0 radical (unpaired) electrons. The van der Waals surface area contributed by atoms with Crippen molar-refractivity contribution in [2.24, 2.45) is 0 Å². The quantitative estimate of drug-likeness (QED) is 0.559. The molecule has 1 atom stereocenters. The summed E-state index contributed by atoms with van der Waals surface area (Å²) in [5, 5.41) is 0. The third-order valence-electron chi connectivity index (χ3n) is 4.87. The van der Waals surface area contributed by atoms with Crippen LogP contribution in [-0.4, -0.2) is 28.0 Å². The molecule has 7 heteroatoms.